The number of carbonyl (C=O) groups excluding carboxylic acids is 2. The first-order valence-corrected chi connectivity index (χ1v) is 14.9. The first-order valence-electron chi connectivity index (χ1n) is 13.4. The summed E-state index contributed by atoms with van der Waals surface area (Å²) in [6.45, 7) is 9.45. The van der Waals surface area contributed by atoms with E-state index in [1.807, 2.05) is 65.0 Å². The van der Waals surface area contributed by atoms with Gasteiger partial charge in [0.05, 0.1) is 17.2 Å². The molecule has 0 aliphatic carbocycles. The molecule has 0 saturated heterocycles. The fraction of sp³-hybridized carbons (Fsp3) is 0.355. The molecule has 214 valence electrons. The largest absolute Gasteiger partial charge is 0.494 e. The van der Waals surface area contributed by atoms with E-state index in [-0.39, 0.29) is 17.3 Å². The van der Waals surface area contributed by atoms with Crippen LogP contribution in [0.5, 0.6) is 5.75 Å². The molecule has 0 fully saturated rings. The number of anilines is 1. The second kappa shape index (κ2) is 13.5. The predicted octanol–water partition coefficient (Wildman–Crippen LogP) is 5.00. The second-order valence-electron chi connectivity index (χ2n) is 10.4. The van der Waals surface area contributed by atoms with Crippen molar-refractivity contribution < 1.29 is 22.7 Å². The third kappa shape index (κ3) is 8.08. The quantitative estimate of drug-likeness (QED) is 0.333. The van der Waals surface area contributed by atoms with Crippen molar-refractivity contribution in [3.8, 4) is 5.75 Å². The van der Waals surface area contributed by atoms with E-state index >= 15 is 0 Å². The van der Waals surface area contributed by atoms with E-state index in [4.69, 9.17) is 4.74 Å². The van der Waals surface area contributed by atoms with Gasteiger partial charge in [0.2, 0.25) is 11.8 Å². The molecule has 1 N–H and O–H groups in total. The molecule has 0 bridgehead atoms. The number of rotatable bonds is 12. The van der Waals surface area contributed by atoms with Crippen LogP contribution in [-0.2, 0) is 26.2 Å². The molecule has 3 aromatic carbocycles. The Bertz CT molecular complexity index is 1360. The summed E-state index contributed by atoms with van der Waals surface area (Å²) in [5.74, 6) is -0.198. The molecule has 2 amide bonds. The third-order valence-electron chi connectivity index (χ3n) is 6.13. The van der Waals surface area contributed by atoms with Crippen molar-refractivity contribution in [2.45, 2.75) is 64.1 Å². The Labute approximate surface area is 238 Å². The first-order chi connectivity index (χ1) is 19.0. The van der Waals surface area contributed by atoms with Gasteiger partial charge in [0.25, 0.3) is 10.0 Å². The molecule has 0 aliphatic rings. The molecular formula is C31H39N3O5S. The zero-order valence-electron chi connectivity index (χ0n) is 23.8. The van der Waals surface area contributed by atoms with Gasteiger partial charge in [0, 0.05) is 12.1 Å². The lowest BCUT2D eigenvalue weighted by Gasteiger charge is -2.34. The molecule has 3 rings (SSSR count). The SMILES string of the molecule is CCOc1ccc(N(CC(=O)N(Cc2ccccc2)[C@H](CC)C(=O)NC(C)(C)C)S(=O)(=O)c2ccccc2)cc1. The number of benzene rings is 3. The Balaban J connectivity index is 2.04. The van der Waals surface area contributed by atoms with Crippen LogP contribution in [-0.4, -0.2) is 49.9 Å². The van der Waals surface area contributed by atoms with Crippen LogP contribution in [0.2, 0.25) is 0 Å². The maximum absolute atomic E-state index is 14.1. The van der Waals surface area contributed by atoms with Crippen molar-refractivity contribution in [2.75, 3.05) is 17.5 Å². The van der Waals surface area contributed by atoms with Crippen molar-refractivity contribution in [3.05, 3.63) is 90.5 Å². The Kier molecular flexibility index (Phi) is 10.3. The molecule has 40 heavy (non-hydrogen) atoms. The summed E-state index contributed by atoms with van der Waals surface area (Å²) in [6, 6.07) is 23.1. The van der Waals surface area contributed by atoms with Crippen LogP contribution in [0.4, 0.5) is 5.69 Å². The van der Waals surface area contributed by atoms with Crippen LogP contribution >= 0.6 is 0 Å². The summed E-state index contributed by atoms with van der Waals surface area (Å²) in [5, 5.41) is 2.97. The van der Waals surface area contributed by atoms with E-state index in [0.29, 0.717) is 24.5 Å². The molecule has 8 nitrogen and oxygen atoms in total. The van der Waals surface area contributed by atoms with Gasteiger partial charge in [0.1, 0.15) is 18.3 Å². The van der Waals surface area contributed by atoms with Crippen LogP contribution in [0.1, 0.15) is 46.6 Å². The first kappa shape index (κ1) is 30.7. The average Bonchev–Trinajstić information content (AvgIpc) is 2.92. The van der Waals surface area contributed by atoms with Gasteiger partial charge in [0.15, 0.2) is 0 Å². The van der Waals surface area contributed by atoms with E-state index < -0.39 is 34.1 Å². The van der Waals surface area contributed by atoms with Gasteiger partial charge in [-0.3, -0.25) is 13.9 Å². The molecule has 0 spiro atoms. The van der Waals surface area contributed by atoms with Gasteiger partial charge in [-0.2, -0.15) is 0 Å². The maximum Gasteiger partial charge on any atom is 0.264 e. The normalized spacial score (nSPS) is 12.3. The molecule has 1 atom stereocenters. The average molecular weight is 566 g/mol. The molecule has 0 saturated carbocycles. The molecule has 0 aromatic heterocycles. The second-order valence-corrected chi connectivity index (χ2v) is 12.3. The number of nitrogens with zero attached hydrogens (tertiary/aromatic N) is 2. The molecular weight excluding hydrogens is 526 g/mol. The molecule has 0 radical (unpaired) electrons. The minimum Gasteiger partial charge on any atom is -0.494 e. The van der Waals surface area contributed by atoms with Crippen molar-refractivity contribution in [1.82, 2.24) is 10.2 Å². The summed E-state index contributed by atoms with van der Waals surface area (Å²) in [5.41, 5.74) is 0.639. The summed E-state index contributed by atoms with van der Waals surface area (Å²) in [6.07, 6.45) is 0.356. The molecule has 0 aliphatic heterocycles. The number of hydrogen-bond donors (Lipinski definition) is 1. The number of sulfonamides is 1. The van der Waals surface area contributed by atoms with Crippen molar-refractivity contribution in [3.63, 3.8) is 0 Å². The zero-order chi connectivity index (χ0) is 29.3. The third-order valence-corrected chi connectivity index (χ3v) is 7.91. The summed E-state index contributed by atoms with van der Waals surface area (Å²) >= 11 is 0. The lowest BCUT2D eigenvalue weighted by molar-refractivity contribution is -0.141. The lowest BCUT2D eigenvalue weighted by Crippen LogP contribution is -2.55. The van der Waals surface area contributed by atoms with Crippen LogP contribution in [0, 0.1) is 0 Å². The van der Waals surface area contributed by atoms with Crippen LogP contribution in [0.25, 0.3) is 0 Å². The minimum atomic E-state index is -4.12. The van der Waals surface area contributed by atoms with Gasteiger partial charge in [-0.05, 0) is 76.1 Å². The standard InChI is InChI=1S/C31H39N3O5S/c1-6-28(30(36)32-31(3,4)5)33(22-24-14-10-8-11-15-24)29(35)23-34(25-18-20-26(21-19-25)39-7-2)40(37,38)27-16-12-9-13-17-27/h8-21,28H,6-7,22-23H2,1-5H3,(H,32,36)/t28-/m1/s1. The number of amides is 2. The van der Waals surface area contributed by atoms with Crippen LogP contribution in [0.15, 0.2) is 89.8 Å². The van der Waals surface area contributed by atoms with Crippen molar-refractivity contribution >= 4 is 27.5 Å². The van der Waals surface area contributed by atoms with E-state index in [9.17, 15) is 18.0 Å². The van der Waals surface area contributed by atoms with Crippen LogP contribution in [0.3, 0.4) is 0 Å². The van der Waals surface area contributed by atoms with Gasteiger partial charge in [-0.15, -0.1) is 0 Å². The van der Waals surface area contributed by atoms with Crippen molar-refractivity contribution in [1.29, 1.82) is 0 Å². The number of nitrogens with one attached hydrogen (secondary N) is 1. The zero-order valence-corrected chi connectivity index (χ0v) is 24.6. The van der Waals surface area contributed by atoms with Gasteiger partial charge >= 0.3 is 0 Å². The smallest absolute Gasteiger partial charge is 0.264 e. The van der Waals surface area contributed by atoms with E-state index in [2.05, 4.69) is 5.32 Å². The van der Waals surface area contributed by atoms with Gasteiger partial charge in [-0.1, -0.05) is 55.5 Å². The van der Waals surface area contributed by atoms with E-state index in [1.165, 1.54) is 17.0 Å². The van der Waals surface area contributed by atoms with Crippen LogP contribution < -0.4 is 14.4 Å². The topological polar surface area (TPSA) is 96.0 Å². The summed E-state index contributed by atoms with van der Waals surface area (Å²) in [4.78, 5) is 28.9. The molecule has 0 heterocycles. The fourth-order valence-corrected chi connectivity index (χ4v) is 5.71. The Morgan fingerprint density at radius 1 is 0.875 bits per heavy atom. The predicted molar refractivity (Wildman–Crippen MR) is 158 cm³/mol. The van der Waals surface area contributed by atoms with Crippen molar-refractivity contribution in [2.24, 2.45) is 0 Å². The Hall–Kier alpha value is -3.85. The molecule has 9 heteroatoms. The number of ether oxygens (including phenoxy) is 1. The number of hydrogen-bond acceptors (Lipinski definition) is 5. The molecule has 0 unspecified atom stereocenters. The highest BCUT2D eigenvalue weighted by Crippen LogP contribution is 2.27. The van der Waals surface area contributed by atoms with E-state index in [1.54, 1.807) is 42.5 Å². The monoisotopic (exact) mass is 565 g/mol. The Morgan fingerprint density at radius 2 is 1.45 bits per heavy atom. The highest BCUT2D eigenvalue weighted by molar-refractivity contribution is 7.92. The Morgan fingerprint density at radius 3 is 1.98 bits per heavy atom. The van der Waals surface area contributed by atoms with Gasteiger partial charge < -0.3 is 15.0 Å². The molecule has 3 aromatic rings. The summed E-state index contributed by atoms with van der Waals surface area (Å²) in [7, 11) is -4.12. The summed E-state index contributed by atoms with van der Waals surface area (Å²) < 4.78 is 34.3. The highest BCUT2D eigenvalue weighted by Gasteiger charge is 2.34. The maximum atomic E-state index is 14.1. The van der Waals surface area contributed by atoms with E-state index in [0.717, 1.165) is 9.87 Å². The fourth-order valence-electron chi connectivity index (χ4n) is 4.28. The number of carbonyl (C=O) groups is 2. The minimum absolute atomic E-state index is 0.0591. The van der Waals surface area contributed by atoms with Gasteiger partial charge in [-0.25, -0.2) is 8.42 Å². The lowest BCUT2D eigenvalue weighted by atomic mass is 10.1. The highest BCUT2D eigenvalue weighted by atomic mass is 32.2.